The van der Waals surface area contributed by atoms with Crippen molar-refractivity contribution in [1.29, 1.82) is 0 Å². The first kappa shape index (κ1) is 14.5. The van der Waals surface area contributed by atoms with Gasteiger partial charge in [-0.25, -0.2) is 0 Å². The molecule has 1 saturated heterocycles. The third kappa shape index (κ3) is 6.64. The highest BCUT2D eigenvalue weighted by molar-refractivity contribution is 5.77. The van der Waals surface area contributed by atoms with Crippen LogP contribution in [0, 0.1) is 5.92 Å². The van der Waals surface area contributed by atoms with E-state index in [0.29, 0.717) is 6.54 Å². The zero-order chi connectivity index (χ0) is 12.5. The van der Waals surface area contributed by atoms with E-state index in [9.17, 15) is 4.79 Å². The molecule has 2 N–H and O–H groups in total. The minimum atomic E-state index is 0.110. The van der Waals surface area contributed by atoms with Crippen LogP contribution in [0.2, 0.25) is 0 Å². The maximum Gasteiger partial charge on any atom is 0.233 e. The highest BCUT2D eigenvalue weighted by Gasteiger charge is 2.14. The van der Waals surface area contributed by atoms with Gasteiger partial charge in [0.1, 0.15) is 0 Å². The van der Waals surface area contributed by atoms with E-state index in [1.807, 2.05) is 6.92 Å². The number of nitrogens with zero attached hydrogens (tertiary/aromatic N) is 1. The fraction of sp³-hybridized carbons (Fsp3) is 0.923. The number of hydrogen-bond acceptors (Lipinski definition) is 3. The van der Waals surface area contributed by atoms with Gasteiger partial charge in [0.05, 0.1) is 6.54 Å². The highest BCUT2D eigenvalue weighted by Crippen LogP contribution is 2.15. The van der Waals surface area contributed by atoms with Crippen molar-refractivity contribution >= 4 is 5.91 Å². The van der Waals surface area contributed by atoms with Gasteiger partial charge in [0.25, 0.3) is 0 Å². The maximum absolute atomic E-state index is 11.3. The Morgan fingerprint density at radius 1 is 1.35 bits per heavy atom. The van der Waals surface area contributed by atoms with Gasteiger partial charge in [-0.15, -0.1) is 0 Å². The lowest BCUT2D eigenvalue weighted by Crippen LogP contribution is -2.37. The van der Waals surface area contributed by atoms with Gasteiger partial charge in [-0.05, 0) is 51.4 Å². The summed E-state index contributed by atoms with van der Waals surface area (Å²) < 4.78 is 0. The van der Waals surface area contributed by atoms with Crippen molar-refractivity contribution in [3.63, 3.8) is 0 Å². The normalized spacial score (nSPS) is 18.2. The van der Waals surface area contributed by atoms with Gasteiger partial charge < -0.3 is 15.5 Å². The predicted octanol–water partition coefficient (Wildman–Crippen LogP) is 0.834. The summed E-state index contributed by atoms with van der Waals surface area (Å²) >= 11 is 0. The van der Waals surface area contributed by atoms with Crippen LogP contribution in [0.1, 0.15) is 33.1 Å². The number of hydrogen-bond donors (Lipinski definition) is 2. The van der Waals surface area contributed by atoms with Crippen molar-refractivity contribution in [2.24, 2.45) is 5.92 Å². The molecule has 0 aromatic carbocycles. The lowest BCUT2D eigenvalue weighted by Gasteiger charge is -2.30. The minimum absolute atomic E-state index is 0.110. The van der Waals surface area contributed by atoms with Gasteiger partial charge in [0.15, 0.2) is 0 Å². The van der Waals surface area contributed by atoms with Crippen molar-refractivity contribution in [2.45, 2.75) is 33.1 Å². The van der Waals surface area contributed by atoms with Gasteiger partial charge in [-0.3, -0.25) is 4.79 Å². The fourth-order valence-electron chi connectivity index (χ4n) is 2.12. The molecule has 0 unspecified atom stereocenters. The van der Waals surface area contributed by atoms with Crippen LogP contribution in [-0.4, -0.2) is 50.1 Å². The first-order valence-electron chi connectivity index (χ1n) is 6.92. The molecule has 1 heterocycles. The molecule has 0 aromatic rings. The molecule has 17 heavy (non-hydrogen) atoms. The Hall–Kier alpha value is -0.610. The van der Waals surface area contributed by atoms with Crippen LogP contribution in [-0.2, 0) is 4.79 Å². The number of carbonyl (C=O) groups is 1. The second-order valence-electron chi connectivity index (χ2n) is 5.01. The van der Waals surface area contributed by atoms with Crippen LogP contribution in [0.25, 0.3) is 0 Å². The fourth-order valence-corrected chi connectivity index (χ4v) is 2.12. The number of likely N-dealkylation sites (N-methyl/N-ethyl adjacent to an activating group) is 1. The molecule has 1 amide bonds. The molecule has 1 aliphatic rings. The molecule has 1 rings (SSSR count). The lowest BCUT2D eigenvalue weighted by atomic mass is 9.99. The van der Waals surface area contributed by atoms with E-state index in [1.165, 1.54) is 25.9 Å². The molecule has 1 fully saturated rings. The van der Waals surface area contributed by atoms with Gasteiger partial charge in [-0.2, -0.15) is 0 Å². The van der Waals surface area contributed by atoms with E-state index >= 15 is 0 Å². The Labute approximate surface area is 105 Å². The van der Waals surface area contributed by atoms with Crippen molar-refractivity contribution in [3.05, 3.63) is 0 Å². The monoisotopic (exact) mass is 241 g/mol. The maximum atomic E-state index is 11.3. The summed E-state index contributed by atoms with van der Waals surface area (Å²) in [4.78, 5) is 13.8. The molecular formula is C13H27N3O. The van der Waals surface area contributed by atoms with Gasteiger partial charge in [0.2, 0.25) is 5.91 Å². The number of nitrogens with one attached hydrogen (secondary N) is 2. The van der Waals surface area contributed by atoms with Gasteiger partial charge >= 0.3 is 0 Å². The van der Waals surface area contributed by atoms with E-state index in [4.69, 9.17) is 0 Å². The van der Waals surface area contributed by atoms with Crippen LogP contribution in [0.5, 0.6) is 0 Å². The van der Waals surface area contributed by atoms with Crippen LogP contribution in [0.4, 0.5) is 0 Å². The number of carbonyl (C=O) groups excluding carboxylic acids is 1. The van der Waals surface area contributed by atoms with E-state index in [0.717, 1.165) is 32.0 Å². The Balaban J connectivity index is 1.95. The van der Waals surface area contributed by atoms with Crippen LogP contribution in [0.15, 0.2) is 0 Å². The van der Waals surface area contributed by atoms with Crippen LogP contribution >= 0.6 is 0 Å². The van der Waals surface area contributed by atoms with Crippen molar-refractivity contribution in [3.8, 4) is 0 Å². The molecule has 0 aliphatic carbocycles. The standard InChI is InChI=1S/C13H27N3O/c1-3-14-11-13(17)15-7-4-8-16-9-5-12(2)6-10-16/h12,14H,3-11H2,1-2H3,(H,15,17). The molecule has 0 aromatic heterocycles. The van der Waals surface area contributed by atoms with Crippen molar-refractivity contribution in [2.75, 3.05) is 39.3 Å². The smallest absolute Gasteiger partial charge is 0.233 e. The van der Waals surface area contributed by atoms with E-state index in [2.05, 4.69) is 22.5 Å². The molecule has 0 bridgehead atoms. The van der Waals surface area contributed by atoms with E-state index in [-0.39, 0.29) is 5.91 Å². The molecule has 0 atom stereocenters. The van der Waals surface area contributed by atoms with E-state index in [1.54, 1.807) is 0 Å². The SMILES string of the molecule is CCNCC(=O)NCCCN1CCC(C)CC1. The molecule has 0 spiro atoms. The van der Waals surface area contributed by atoms with E-state index < -0.39 is 0 Å². The lowest BCUT2D eigenvalue weighted by molar-refractivity contribution is -0.120. The second-order valence-corrected chi connectivity index (χ2v) is 5.01. The number of amides is 1. The third-order valence-electron chi connectivity index (χ3n) is 3.39. The molecule has 1 aliphatic heterocycles. The molecule has 0 saturated carbocycles. The Bertz CT molecular complexity index is 213. The summed E-state index contributed by atoms with van der Waals surface area (Å²) in [6.07, 6.45) is 3.71. The summed E-state index contributed by atoms with van der Waals surface area (Å²) in [5, 5.41) is 5.96. The van der Waals surface area contributed by atoms with Crippen LogP contribution < -0.4 is 10.6 Å². The first-order valence-corrected chi connectivity index (χ1v) is 6.92. The van der Waals surface area contributed by atoms with Crippen molar-refractivity contribution in [1.82, 2.24) is 15.5 Å². The highest BCUT2D eigenvalue weighted by atomic mass is 16.1. The summed E-state index contributed by atoms with van der Waals surface area (Å²) in [7, 11) is 0. The molecule has 4 heteroatoms. The summed E-state index contributed by atoms with van der Waals surface area (Å²) in [6, 6.07) is 0. The summed E-state index contributed by atoms with van der Waals surface area (Å²) in [5.74, 6) is 1.00. The zero-order valence-corrected chi connectivity index (χ0v) is 11.3. The summed E-state index contributed by atoms with van der Waals surface area (Å²) in [5.41, 5.74) is 0. The Morgan fingerprint density at radius 3 is 2.71 bits per heavy atom. The molecule has 4 nitrogen and oxygen atoms in total. The Morgan fingerprint density at radius 2 is 2.06 bits per heavy atom. The number of rotatable bonds is 7. The second kappa shape index (κ2) is 8.48. The summed E-state index contributed by atoms with van der Waals surface area (Å²) in [6.45, 7) is 10.0. The third-order valence-corrected chi connectivity index (χ3v) is 3.39. The quantitative estimate of drug-likeness (QED) is 0.649. The Kier molecular flexibility index (Phi) is 7.21. The number of piperidine rings is 1. The minimum Gasteiger partial charge on any atom is -0.355 e. The molecule has 0 radical (unpaired) electrons. The van der Waals surface area contributed by atoms with Crippen LogP contribution in [0.3, 0.4) is 0 Å². The topological polar surface area (TPSA) is 44.4 Å². The van der Waals surface area contributed by atoms with Crippen molar-refractivity contribution < 1.29 is 4.79 Å². The predicted molar refractivity (Wildman–Crippen MR) is 71.0 cm³/mol. The first-order chi connectivity index (χ1) is 8.22. The average Bonchev–Trinajstić information content (AvgIpc) is 2.34. The molecular weight excluding hydrogens is 214 g/mol. The number of likely N-dealkylation sites (tertiary alicyclic amines) is 1. The zero-order valence-electron chi connectivity index (χ0n) is 11.3. The van der Waals surface area contributed by atoms with Gasteiger partial charge in [0, 0.05) is 6.54 Å². The molecule has 100 valence electrons. The largest absolute Gasteiger partial charge is 0.355 e. The van der Waals surface area contributed by atoms with Gasteiger partial charge in [-0.1, -0.05) is 13.8 Å². The average molecular weight is 241 g/mol.